The largest absolute Gasteiger partial charge is 0.542 e. The van der Waals surface area contributed by atoms with E-state index in [1.54, 1.807) is 20.8 Å². The van der Waals surface area contributed by atoms with E-state index in [1.165, 1.54) is 0 Å². The SMILES string of the molecule is C=C(C)C(=O)[C@@H]([NH3+])CC(C)C.C=C(C)C(=O)[C@H](CC(C)C)NC(=O)[C@@H](C)Cc1ccccc1.C[C@@H](Cc1ccccc1)C(=O)O.O=C([O-])C(F)(F)F. The topological polar surface area (TPSA) is 168 Å². The molecule has 0 unspecified atom stereocenters. The number of hydrogen-bond acceptors (Lipinski definition) is 6. The van der Waals surface area contributed by atoms with Crippen LogP contribution in [0.25, 0.3) is 0 Å². The van der Waals surface area contributed by atoms with Crippen molar-refractivity contribution in [3.05, 3.63) is 96.1 Å². The van der Waals surface area contributed by atoms with E-state index in [-0.39, 0.29) is 35.4 Å². The van der Waals surface area contributed by atoms with Gasteiger partial charge >= 0.3 is 12.1 Å². The summed E-state index contributed by atoms with van der Waals surface area (Å²) in [6, 6.07) is 19.0. The van der Waals surface area contributed by atoms with E-state index in [2.05, 4.69) is 38.1 Å². The van der Waals surface area contributed by atoms with Crippen LogP contribution in [0.2, 0.25) is 0 Å². The molecule has 2 aromatic rings. The molecule has 0 bridgehead atoms. The van der Waals surface area contributed by atoms with Crippen molar-refractivity contribution in [3.63, 3.8) is 0 Å². The van der Waals surface area contributed by atoms with Crippen LogP contribution in [0.3, 0.4) is 0 Å². The molecule has 0 aliphatic rings. The average Bonchev–Trinajstić information content (AvgIpc) is 3.04. The molecule has 0 fully saturated rings. The van der Waals surface area contributed by atoms with E-state index in [0.29, 0.717) is 42.2 Å². The number of carboxylic acid groups (broad SMARTS) is 2. The van der Waals surface area contributed by atoms with Gasteiger partial charge in [-0.25, -0.2) is 0 Å². The van der Waals surface area contributed by atoms with Gasteiger partial charge in [0.2, 0.25) is 11.7 Å². The number of alkyl halides is 3. The molecule has 9 nitrogen and oxygen atoms in total. The summed E-state index contributed by atoms with van der Waals surface area (Å²) < 4.78 is 31.5. The van der Waals surface area contributed by atoms with Crippen LogP contribution >= 0.6 is 0 Å². The Morgan fingerprint density at radius 2 is 1.10 bits per heavy atom. The van der Waals surface area contributed by atoms with Crippen molar-refractivity contribution in [2.45, 2.75) is 99.3 Å². The second kappa shape index (κ2) is 25.4. The smallest absolute Gasteiger partial charge is 0.430 e. The standard InChI is InChI=1S/C19H27NO2.C10H12O2.C9H17NO.C2HF3O2/c1-13(2)11-17(18(21)14(3)4)20-19(22)15(5)12-16-9-7-6-8-10-16;1-8(10(11)12)7-9-5-3-2-4-6-9;1-6(2)5-8(10)9(11)7(3)4;3-2(4,5)1(6)7/h6-10,13,15,17H,3,11-12H2,1-2,4-5H3,(H,20,22);2-6,8H,7H2,1H3,(H,11,12);6,8H,3,5,10H2,1-2,4H3;(H,6,7)/t15-,17-;2*8-;/m000./s1. The predicted octanol–water partition coefficient (Wildman–Crippen LogP) is 5.58. The molecule has 5 N–H and O–H groups in total. The molecule has 52 heavy (non-hydrogen) atoms. The zero-order chi connectivity index (χ0) is 40.8. The predicted molar refractivity (Wildman–Crippen MR) is 194 cm³/mol. The number of ketones is 2. The highest BCUT2D eigenvalue weighted by atomic mass is 19.4. The maximum Gasteiger partial charge on any atom is 0.430 e. The molecule has 0 aliphatic heterocycles. The lowest BCUT2D eigenvalue weighted by molar-refractivity contribution is -0.405. The summed E-state index contributed by atoms with van der Waals surface area (Å²) >= 11 is 0. The van der Waals surface area contributed by atoms with Gasteiger partial charge in [-0.05, 0) is 67.2 Å². The number of carbonyl (C=O) groups is 5. The van der Waals surface area contributed by atoms with Crippen molar-refractivity contribution >= 4 is 29.4 Å². The average molecular weight is 735 g/mol. The van der Waals surface area contributed by atoms with Crippen molar-refractivity contribution in [1.29, 1.82) is 0 Å². The third kappa shape index (κ3) is 23.8. The minimum atomic E-state index is -5.19. The van der Waals surface area contributed by atoms with Gasteiger partial charge in [0.15, 0.2) is 5.78 Å². The number of carboxylic acids is 2. The fourth-order valence-electron chi connectivity index (χ4n) is 4.45. The number of carbonyl (C=O) groups excluding carboxylic acids is 4. The van der Waals surface area contributed by atoms with Gasteiger partial charge in [-0.3, -0.25) is 19.2 Å². The van der Waals surface area contributed by atoms with Gasteiger partial charge in [-0.2, -0.15) is 13.2 Å². The molecule has 290 valence electrons. The minimum absolute atomic E-state index is 0.0750. The van der Waals surface area contributed by atoms with Crippen LogP contribution in [0.15, 0.2) is 85.0 Å². The lowest BCUT2D eigenvalue weighted by atomic mass is 9.95. The second-order valence-electron chi connectivity index (χ2n) is 13.6. The number of nitrogens with one attached hydrogen (secondary N) is 1. The minimum Gasteiger partial charge on any atom is -0.542 e. The number of hydrogen-bond donors (Lipinski definition) is 3. The first-order valence-corrected chi connectivity index (χ1v) is 17.0. The number of amides is 1. The normalized spacial score (nSPS) is 12.9. The summed E-state index contributed by atoms with van der Waals surface area (Å²) in [7, 11) is 0. The molecule has 4 atom stereocenters. The van der Waals surface area contributed by atoms with Crippen LogP contribution in [-0.2, 0) is 36.8 Å². The van der Waals surface area contributed by atoms with E-state index in [4.69, 9.17) is 15.0 Å². The molecule has 0 spiro atoms. The highest BCUT2D eigenvalue weighted by molar-refractivity contribution is 6.00. The number of aliphatic carboxylic acids is 2. The van der Waals surface area contributed by atoms with Gasteiger partial charge in [0.1, 0.15) is 12.0 Å². The van der Waals surface area contributed by atoms with Gasteiger partial charge < -0.3 is 26.1 Å². The Labute approximate surface area is 306 Å². The van der Waals surface area contributed by atoms with Gasteiger partial charge in [0.25, 0.3) is 0 Å². The zero-order valence-electron chi connectivity index (χ0n) is 31.7. The Morgan fingerprint density at radius 3 is 1.40 bits per heavy atom. The van der Waals surface area contributed by atoms with E-state index >= 15 is 0 Å². The highest BCUT2D eigenvalue weighted by Crippen LogP contribution is 2.14. The van der Waals surface area contributed by atoms with Crippen LogP contribution in [0.5, 0.6) is 0 Å². The Balaban J connectivity index is 0. The van der Waals surface area contributed by atoms with Gasteiger partial charge in [-0.15, -0.1) is 0 Å². The third-order valence-corrected chi connectivity index (χ3v) is 7.18. The summed E-state index contributed by atoms with van der Waals surface area (Å²) in [6.45, 7) is 22.6. The lowest BCUT2D eigenvalue weighted by Crippen LogP contribution is -2.65. The van der Waals surface area contributed by atoms with E-state index in [1.807, 2.05) is 81.4 Å². The Kier molecular flexibility index (Phi) is 24.2. The van der Waals surface area contributed by atoms with Crippen molar-refractivity contribution in [2.24, 2.45) is 23.7 Å². The summed E-state index contributed by atoms with van der Waals surface area (Å²) in [5.41, 5.74) is 7.09. The van der Waals surface area contributed by atoms with Crippen LogP contribution < -0.4 is 16.2 Å². The molecule has 12 heteroatoms. The number of Topliss-reactive ketones (excluding diaryl/α,β-unsaturated/α-hetero) is 2. The summed E-state index contributed by atoms with van der Waals surface area (Å²) in [4.78, 5) is 55.1. The van der Waals surface area contributed by atoms with Crippen LogP contribution in [0, 0.1) is 23.7 Å². The maximum absolute atomic E-state index is 12.4. The van der Waals surface area contributed by atoms with Crippen molar-refractivity contribution in [1.82, 2.24) is 5.32 Å². The molecule has 0 heterocycles. The Morgan fingerprint density at radius 1 is 0.731 bits per heavy atom. The summed E-state index contributed by atoms with van der Waals surface area (Å²) in [6.07, 6.45) is -2.43. The molecule has 0 radical (unpaired) electrons. The van der Waals surface area contributed by atoms with Crippen molar-refractivity contribution in [3.8, 4) is 0 Å². The van der Waals surface area contributed by atoms with Crippen LogP contribution in [0.1, 0.15) is 79.4 Å². The fraction of sp³-hybridized carbons (Fsp3) is 0.475. The molecule has 0 aromatic heterocycles. The molecular formula is C40H57F3N2O7. The van der Waals surface area contributed by atoms with E-state index < -0.39 is 24.2 Å². The Bertz CT molecular complexity index is 1430. The Hall–Kier alpha value is -4.58. The molecule has 2 rings (SSSR count). The molecule has 0 aliphatic carbocycles. The van der Waals surface area contributed by atoms with E-state index in [0.717, 1.165) is 17.5 Å². The van der Waals surface area contributed by atoms with Crippen molar-refractivity contribution in [2.75, 3.05) is 0 Å². The third-order valence-electron chi connectivity index (χ3n) is 7.18. The molecule has 1 amide bonds. The lowest BCUT2D eigenvalue weighted by Gasteiger charge is -2.22. The molecular weight excluding hydrogens is 677 g/mol. The quantitative estimate of drug-likeness (QED) is 0.201. The fourth-order valence-corrected chi connectivity index (χ4v) is 4.45. The monoisotopic (exact) mass is 734 g/mol. The number of quaternary nitrogens is 1. The molecule has 0 saturated heterocycles. The second-order valence-corrected chi connectivity index (χ2v) is 13.6. The highest BCUT2D eigenvalue weighted by Gasteiger charge is 2.29. The number of benzene rings is 2. The van der Waals surface area contributed by atoms with Crippen LogP contribution in [-0.4, -0.2) is 52.8 Å². The van der Waals surface area contributed by atoms with Gasteiger partial charge in [0, 0.05) is 12.3 Å². The number of rotatable bonds is 15. The summed E-state index contributed by atoms with van der Waals surface area (Å²) in [5, 5.41) is 20.3. The first-order valence-electron chi connectivity index (χ1n) is 17.0. The summed E-state index contributed by atoms with van der Waals surface area (Å²) in [5.74, 6) is -3.41. The molecule has 2 aromatic carbocycles. The van der Waals surface area contributed by atoms with Crippen molar-refractivity contribution < 1.29 is 53.1 Å². The van der Waals surface area contributed by atoms with E-state index in [9.17, 15) is 32.3 Å². The molecule has 0 saturated carbocycles. The first-order chi connectivity index (χ1) is 23.9. The number of halogens is 3. The van der Waals surface area contributed by atoms with Gasteiger partial charge in [0.05, 0.1) is 12.0 Å². The van der Waals surface area contributed by atoms with Crippen LogP contribution in [0.4, 0.5) is 13.2 Å². The first kappa shape index (κ1) is 49.5. The maximum atomic E-state index is 12.4. The van der Waals surface area contributed by atoms with Gasteiger partial charge in [-0.1, -0.05) is 115 Å². The zero-order valence-corrected chi connectivity index (χ0v) is 31.7.